The van der Waals surface area contributed by atoms with Crippen LogP contribution in [0.3, 0.4) is 0 Å². The van der Waals surface area contributed by atoms with Crippen LogP contribution in [0, 0.1) is 5.82 Å². The molecule has 0 radical (unpaired) electrons. The lowest BCUT2D eigenvalue weighted by atomic mass is 10.0. The van der Waals surface area contributed by atoms with Gasteiger partial charge >= 0.3 is 0 Å². The number of fused-ring (bicyclic) bond motifs is 2. The van der Waals surface area contributed by atoms with E-state index in [9.17, 15) is 4.39 Å². The van der Waals surface area contributed by atoms with Crippen molar-refractivity contribution in [3.8, 4) is 33.8 Å². The summed E-state index contributed by atoms with van der Waals surface area (Å²) < 4.78 is 13.5. The van der Waals surface area contributed by atoms with E-state index in [1.807, 2.05) is 36.8 Å². The molecule has 0 atom stereocenters. The average molecular weight is 490 g/mol. The highest BCUT2D eigenvalue weighted by atomic mass is 19.1. The smallest absolute Gasteiger partial charge is 0.159 e. The van der Waals surface area contributed by atoms with Gasteiger partial charge in [0.1, 0.15) is 11.5 Å². The molecule has 1 aliphatic heterocycles. The molecule has 0 saturated carbocycles. The Bertz CT molecular complexity index is 1730. The van der Waals surface area contributed by atoms with E-state index in [4.69, 9.17) is 4.98 Å². The van der Waals surface area contributed by atoms with Crippen molar-refractivity contribution in [3.05, 3.63) is 84.6 Å². The molecule has 7 nitrogen and oxygen atoms in total. The van der Waals surface area contributed by atoms with Crippen LogP contribution in [0.4, 0.5) is 4.39 Å². The fourth-order valence-corrected chi connectivity index (χ4v) is 5.18. The topological polar surface area (TPSA) is 86.4 Å². The van der Waals surface area contributed by atoms with Crippen molar-refractivity contribution in [2.45, 2.75) is 19.4 Å². The number of para-hydroxylation sites is 1. The summed E-state index contributed by atoms with van der Waals surface area (Å²) in [6.07, 6.45) is 8.22. The summed E-state index contributed by atoms with van der Waals surface area (Å²) in [5.74, 6) is 0.386. The third-order valence-corrected chi connectivity index (χ3v) is 7.04. The van der Waals surface area contributed by atoms with Crippen LogP contribution in [0.2, 0.25) is 0 Å². The largest absolute Gasteiger partial charge is 0.337 e. The summed E-state index contributed by atoms with van der Waals surface area (Å²) in [5, 5.41) is 8.46. The van der Waals surface area contributed by atoms with E-state index in [2.05, 4.69) is 42.2 Å². The van der Waals surface area contributed by atoms with Crippen LogP contribution in [0.25, 0.3) is 55.8 Å². The van der Waals surface area contributed by atoms with E-state index in [1.165, 1.54) is 30.5 Å². The first-order valence-corrected chi connectivity index (χ1v) is 12.5. The van der Waals surface area contributed by atoms with Crippen LogP contribution in [-0.2, 0) is 6.54 Å². The van der Waals surface area contributed by atoms with Gasteiger partial charge in [-0.2, -0.15) is 5.10 Å². The minimum Gasteiger partial charge on any atom is -0.337 e. The number of aromatic nitrogens is 6. The Balaban J connectivity index is 1.27. The normalized spacial score (nSPS) is 14.2. The number of H-pyrrole nitrogens is 2. The van der Waals surface area contributed by atoms with Gasteiger partial charge in [0, 0.05) is 41.8 Å². The van der Waals surface area contributed by atoms with Crippen LogP contribution in [0.1, 0.15) is 18.4 Å². The summed E-state index contributed by atoms with van der Waals surface area (Å²) in [5.41, 5.74) is 8.14. The summed E-state index contributed by atoms with van der Waals surface area (Å²) >= 11 is 0. The molecule has 182 valence electrons. The highest BCUT2D eigenvalue weighted by molar-refractivity contribution is 5.97. The molecule has 1 fully saturated rings. The second-order valence-corrected chi connectivity index (χ2v) is 9.55. The lowest BCUT2D eigenvalue weighted by Gasteiger charge is -2.14. The molecule has 0 spiro atoms. The van der Waals surface area contributed by atoms with Gasteiger partial charge < -0.3 is 4.98 Å². The van der Waals surface area contributed by atoms with Gasteiger partial charge in [-0.25, -0.2) is 14.4 Å². The van der Waals surface area contributed by atoms with Crippen LogP contribution in [-0.4, -0.2) is 48.1 Å². The van der Waals surface area contributed by atoms with E-state index in [-0.39, 0.29) is 5.82 Å². The van der Waals surface area contributed by atoms with Crippen molar-refractivity contribution < 1.29 is 4.39 Å². The molecule has 8 heteroatoms. The molecule has 0 bridgehead atoms. The lowest BCUT2D eigenvalue weighted by Crippen LogP contribution is -2.18. The molecule has 37 heavy (non-hydrogen) atoms. The molecule has 7 rings (SSSR count). The number of likely N-dealkylation sites (tertiary alicyclic amines) is 1. The minimum atomic E-state index is -0.262. The lowest BCUT2D eigenvalue weighted by molar-refractivity contribution is 0.331. The van der Waals surface area contributed by atoms with E-state index in [0.717, 1.165) is 58.3 Å². The molecule has 6 aromatic rings. The maximum Gasteiger partial charge on any atom is 0.159 e. The summed E-state index contributed by atoms with van der Waals surface area (Å²) in [4.78, 5) is 19.9. The van der Waals surface area contributed by atoms with E-state index in [0.29, 0.717) is 17.2 Å². The zero-order valence-electron chi connectivity index (χ0n) is 20.1. The fourth-order valence-electron chi connectivity index (χ4n) is 5.18. The Labute approximate surface area is 212 Å². The van der Waals surface area contributed by atoms with Crippen LogP contribution >= 0.6 is 0 Å². The van der Waals surface area contributed by atoms with E-state index in [1.54, 1.807) is 12.1 Å². The van der Waals surface area contributed by atoms with Gasteiger partial charge in [-0.05, 0) is 67.4 Å². The first-order chi connectivity index (χ1) is 18.2. The number of hydrogen-bond acceptors (Lipinski definition) is 5. The average Bonchev–Trinajstić information content (AvgIpc) is 3.68. The summed E-state index contributed by atoms with van der Waals surface area (Å²) in [6, 6.07) is 16.7. The van der Waals surface area contributed by atoms with Crippen molar-refractivity contribution in [1.82, 2.24) is 35.0 Å². The molecule has 4 aromatic heterocycles. The van der Waals surface area contributed by atoms with Crippen molar-refractivity contribution in [1.29, 1.82) is 0 Å². The maximum atomic E-state index is 13.5. The molecule has 1 aliphatic rings. The predicted octanol–water partition coefficient (Wildman–Crippen LogP) is 5.97. The van der Waals surface area contributed by atoms with Gasteiger partial charge in [0.05, 0.1) is 16.4 Å². The maximum absolute atomic E-state index is 13.5. The van der Waals surface area contributed by atoms with Crippen molar-refractivity contribution in [2.24, 2.45) is 0 Å². The van der Waals surface area contributed by atoms with Crippen molar-refractivity contribution in [3.63, 3.8) is 0 Å². The first-order valence-electron chi connectivity index (χ1n) is 12.5. The second-order valence-electron chi connectivity index (χ2n) is 9.55. The minimum absolute atomic E-state index is 0.262. The van der Waals surface area contributed by atoms with E-state index < -0.39 is 0 Å². The molecule has 2 aromatic carbocycles. The number of aromatic amines is 2. The quantitative estimate of drug-likeness (QED) is 0.312. The molecule has 1 saturated heterocycles. The number of rotatable bonds is 5. The number of nitrogens with one attached hydrogen (secondary N) is 2. The van der Waals surface area contributed by atoms with Crippen LogP contribution in [0.5, 0.6) is 0 Å². The van der Waals surface area contributed by atoms with E-state index >= 15 is 0 Å². The molecule has 0 aliphatic carbocycles. The summed E-state index contributed by atoms with van der Waals surface area (Å²) in [7, 11) is 0. The molecule has 2 N–H and O–H groups in total. The fraction of sp³-hybridized carbons (Fsp3) is 0.172. The highest BCUT2D eigenvalue weighted by Gasteiger charge is 2.17. The zero-order valence-corrected chi connectivity index (χ0v) is 20.1. The van der Waals surface area contributed by atoms with Gasteiger partial charge in [-0.3, -0.25) is 15.0 Å². The first kappa shape index (κ1) is 21.8. The number of imidazole rings is 1. The molecule has 0 amide bonds. The molecule has 0 unspecified atom stereocenters. The summed E-state index contributed by atoms with van der Waals surface area (Å²) in [6.45, 7) is 3.22. The van der Waals surface area contributed by atoms with Crippen molar-refractivity contribution in [2.75, 3.05) is 13.1 Å². The molecular formula is C29H24FN7. The standard InChI is InChI=1S/C29H24FN7/c30-22-8-6-19(7-9-22)23-4-3-5-25-26(23)34-29(33-25)27-24-13-21(16-32-28(24)36-35-27)20-12-18(14-31-15-20)17-37-10-1-2-11-37/h3-9,12-16H,1-2,10-11,17H2,(H,33,34)(H,32,35,36). The SMILES string of the molecule is Fc1ccc(-c2cccc3[nH]c(-c4n[nH]c5ncc(-c6cncc(CN7CCCC7)c6)cc45)nc23)cc1. The van der Waals surface area contributed by atoms with Gasteiger partial charge in [-0.15, -0.1) is 0 Å². The van der Waals surface area contributed by atoms with Gasteiger partial charge in [-0.1, -0.05) is 24.3 Å². The third kappa shape index (κ3) is 4.05. The van der Waals surface area contributed by atoms with Crippen molar-refractivity contribution >= 4 is 22.1 Å². The predicted molar refractivity (Wildman–Crippen MR) is 142 cm³/mol. The van der Waals surface area contributed by atoms with Gasteiger partial charge in [0.15, 0.2) is 11.5 Å². The third-order valence-electron chi connectivity index (χ3n) is 7.04. The Morgan fingerprint density at radius 3 is 2.59 bits per heavy atom. The number of benzene rings is 2. The van der Waals surface area contributed by atoms with Gasteiger partial charge in [0.2, 0.25) is 0 Å². The van der Waals surface area contributed by atoms with Gasteiger partial charge in [0.25, 0.3) is 0 Å². The Morgan fingerprint density at radius 2 is 1.73 bits per heavy atom. The second kappa shape index (κ2) is 8.90. The number of pyridine rings is 2. The Hall–Kier alpha value is -4.43. The zero-order chi connectivity index (χ0) is 24.8. The highest BCUT2D eigenvalue weighted by Crippen LogP contribution is 2.32. The number of hydrogen-bond donors (Lipinski definition) is 2. The molecule has 5 heterocycles. The molecular weight excluding hydrogens is 465 g/mol. The Kier molecular flexibility index (Phi) is 5.25. The Morgan fingerprint density at radius 1 is 0.892 bits per heavy atom. The number of halogens is 1. The monoisotopic (exact) mass is 489 g/mol. The number of nitrogens with zero attached hydrogens (tertiary/aromatic N) is 5. The van der Waals surface area contributed by atoms with Crippen LogP contribution in [0.15, 0.2) is 73.2 Å². The van der Waals surface area contributed by atoms with Crippen LogP contribution < -0.4 is 0 Å².